The molecule has 1 aromatic carbocycles. The lowest BCUT2D eigenvalue weighted by atomic mass is 9.71. The highest BCUT2D eigenvalue weighted by atomic mass is 16.5. The van der Waals surface area contributed by atoms with Crippen LogP contribution >= 0.6 is 0 Å². The predicted octanol–water partition coefficient (Wildman–Crippen LogP) is 3.64. The van der Waals surface area contributed by atoms with E-state index in [1.165, 1.54) is 38.0 Å². The zero-order chi connectivity index (χ0) is 17.8. The molecule has 2 aromatic rings. The zero-order valence-electron chi connectivity index (χ0n) is 15.8. The van der Waals surface area contributed by atoms with Gasteiger partial charge in [-0.3, -0.25) is 9.80 Å². The Morgan fingerprint density at radius 3 is 2.54 bits per heavy atom. The summed E-state index contributed by atoms with van der Waals surface area (Å²) in [5, 5.41) is 0. The minimum atomic E-state index is 0.399. The first-order valence-corrected chi connectivity index (χ1v) is 9.77. The molecule has 1 spiro atoms. The summed E-state index contributed by atoms with van der Waals surface area (Å²) in [6.07, 6.45) is 4.31. The molecular weight excluding hydrogens is 324 g/mol. The lowest BCUT2D eigenvalue weighted by Gasteiger charge is -2.42. The van der Waals surface area contributed by atoms with Gasteiger partial charge in [-0.2, -0.15) is 0 Å². The Labute approximate surface area is 156 Å². The van der Waals surface area contributed by atoms with Crippen LogP contribution in [0.15, 0.2) is 53.1 Å². The highest BCUT2D eigenvalue weighted by Crippen LogP contribution is 2.45. The van der Waals surface area contributed by atoms with Crippen LogP contribution in [-0.4, -0.2) is 49.7 Å². The summed E-state index contributed by atoms with van der Waals surface area (Å²) >= 11 is 0. The first-order valence-electron chi connectivity index (χ1n) is 9.77. The number of furan rings is 1. The van der Waals surface area contributed by atoms with E-state index < -0.39 is 0 Å². The monoisotopic (exact) mass is 354 g/mol. The molecule has 4 heteroatoms. The number of hydrogen-bond acceptors (Lipinski definition) is 4. The molecule has 0 N–H and O–H groups in total. The third-order valence-corrected chi connectivity index (χ3v) is 6.31. The highest BCUT2D eigenvalue weighted by Gasteiger charge is 2.47. The Hall–Kier alpha value is -1.62. The number of likely N-dealkylation sites (tertiary alicyclic amines) is 2. The van der Waals surface area contributed by atoms with Crippen molar-refractivity contribution >= 4 is 0 Å². The molecule has 3 heterocycles. The van der Waals surface area contributed by atoms with Gasteiger partial charge in [-0.1, -0.05) is 30.3 Å². The van der Waals surface area contributed by atoms with Gasteiger partial charge in [-0.15, -0.1) is 0 Å². The fourth-order valence-corrected chi connectivity index (χ4v) is 4.88. The molecule has 0 aliphatic carbocycles. The molecule has 4 nitrogen and oxygen atoms in total. The van der Waals surface area contributed by atoms with Crippen molar-refractivity contribution in [3.63, 3.8) is 0 Å². The molecule has 26 heavy (non-hydrogen) atoms. The van der Waals surface area contributed by atoms with Crippen molar-refractivity contribution in [3.8, 4) is 0 Å². The van der Waals surface area contributed by atoms with Crippen molar-refractivity contribution in [3.05, 3.63) is 60.1 Å². The van der Waals surface area contributed by atoms with Gasteiger partial charge in [-0.05, 0) is 49.0 Å². The van der Waals surface area contributed by atoms with E-state index in [-0.39, 0.29) is 0 Å². The number of ether oxygens (including phenoxy) is 1. The van der Waals surface area contributed by atoms with Gasteiger partial charge < -0.3 is 9.15 Å². The average Bonchev–Trinajstić information content (AvgIpc) is 3.28. The van der Waals surface area contributed by atoms with E-state index in [0.717, 1.165) is 32.0 Å². The summed E-state index contributed by atoms with van der Waals surface area (Å²) in [6, 6.07) is 14.9. The van der Waals surface area contributed by atoms with Gasteiger partial charge in [0.15, 0.2) is 0 Å². The third-order valence-electron chi connectivity index (χ3n) is 6.31. The first-order chi connectivity index (χ1) is 12.8. The second-order valence-corrected chi connectivity index (χ2v) is 8.03. The fourth-order valence-electron chi connectivity index (χ4n) is 4.88. The second kappa shape index (κ2) is 7.95. The maximum absolute atomic E-state index is 5.60. The van der Waals surface area contributed by atoms with Crippen LogP contribution in [0, 0.1) is 11.3 Å². The molecule has 140 valence electrons. The quantitative estimate of drug-likeness (QED) is 0.792. The predicted molar refractivity (Wildman–Crippen MR) is 103 cm³/mol. The average molecular weight is 354 g/mol. The number of methoxy groups -OCH3 is 1. The second-order valence-electron chi connectivity index (χ2n) is 8.03. The van der Waals surface area contributed by atoms with E-state index in [1.807, 2.05) is 13.2 Å². The van der Waals surface area contributed by atoms with Crippen LogP contribution in [-0.2, 0) is 17.8 Å². The van der Waals surface area contributed by atoms with E-state index in [0.29, 0.717) is 11.3 Å². The van der Waals surface area contributed by atoms with Gasteiger partial charge in [0, 0.05) is 32.7 Å². The molecule has 0 amide bonds. The molecule has 2 aliphatic rings. The lowest BCUT2D eigenvalue weighted by Crippen LogP contribution is -2.44. The van der Waals surface area contributed by atoms with Crippen molar-refractivity contribution in [1.82, 2.24) is 9.80 Å². The van der Waals surface area contributed by atoms with Crippen LogP contribution in [0.5, 0.6) is 0 Å². The van der Waals surface area contributed by atoms with E-state index in [9.17, 15) is 0 Å². The van der Waals surface area contributed by atoms with Gasteiger partial charge in [-0.25, -0.2) is 0 Å². The fraction of sp³-hybridized carbons (Fsp3) is 0.545. The summed E-state index contributed by atoms with van der Waals surface area (Å²) < 4.78 is 11.2. The standard InChI is InChI=1S/C22H30N2O2/c1-25-17-20-15-24(16-21-8-5-13-26-21)18-22(20)9-11-23(12-10-22)14-19-6-3-2-4-7-19/h2-8,13,20H,9-12,14-18H2,1H3/t20-/m1/s1. The van der Waals surface area contributed by atoms with Crippen molar-refractivity contribution in [2.45, 2.75) is 25.9 Å². The van der Waals surface area contributed by atoms with E-state index >= 15 is 0 Å². The Kier molecular flexibility index (Phi) is 5.44. The molecule has 4 rings (SSSR count). The van der Waals surface area contributed by atoms with Gasteiger partial charge >= 0.3 is 0 Å². The Balaban J connectivity index is 1.38. The number of rotatable bonds is 6. The Bertz CT molecular complexity index is 663. The Morgan fingerprint density at radius 1 is 1.04 bits per heavy atom. The summed E-state index contributed by atoms with van der Waals surface area (Å²) in [7, 11) is 1.84. The summed E-state index contributed by atoms with van der Waals surface area (Å²) in [6.45, 7) is 7.51. The first kappa shape index (κ1) is 17.8. The SMILES string of the molecule is COC[C@H]1CN(Cc2ccco2)CC12CCN(Cc1ccccc1)CC2. The van der Waals surface area contributed by atoms with Gasteiger partial charge in [0.25, 0.3) is 0 Å². The van der Waals surface area contributed by atoms with Crippen LogP contribution in [0.3, 0.4) is 0 Å². The van der Waals surface area contributed by atoms with Crippen molar-refractivity contribution in [2.75, 3.05) is 39.9 Å². The van der Waals surface area contributed by atoms with Gasteiger partial charge in [0.1, 0.15) is 5.76 Å². The minimum Gasteiger partial charge on any atom is -0.468 e. The van der Waals surface area contributed by atoms with Crippen LogP contribution in [0.4, 0.5) is 0 Å². The smallest absolute Gasteiger partial charge is 0.117 e. The molecule has 0 radical (unpaired) electrons. The molecule has 0 unspecified atom stereocenters. The number of benzene rings is 1. The summed E-state index contributed by atoms with van der Waals surface area (Å²) in [4.78, 5) is 5.18. The van der Waals surface area contributed by atoms with Crippen LogP contribution in [0.25, 0.3) is 0 Å². The number of hydrogen-bond donors (Lipinski definition) is 0. The summed E-state index contributed by atoms with van der Waals surface area (Å²) in [5.41, 5.74) is 1.82. The molecule has 1 atom stereocenters. The van der Waals surface area contributed by atoms with Crippen LogP contribution in [0.2, 0.25) is 0 Å². The minimum absolute atomic E-state index is 0.399. The van der Waals surface area contributed by atoms with Crippen LogP contribution < -0.4 is 0 Å². The van der Waals surface area contributed by atoms with E-state index in [4.69, 9.17) is 9.15 Å². The highest BCUT2D eigenvalue weighted by molar-refractivity contribution is 5.14. The normalized spacial score (nSPS) is 23.7. The van der Waals surface area contributed by atoms with E-state index in [2.05, 4.69) is 46.2 Å². The molecule has 2 saturated heterocycles. The van der Waals surface area contributed by atoms with Crippen molar-refractivity contribution in [1.29, 1.82) is 0 Å². The maximum Gasteiger partial charge on any atom is 0.117 e. The van der Waals surface area contributed by atoms with Crippen molar-refractivity contribution < 1.29 is 9.15 Å². The molecule has 2 aliphatic heterocycles. The zero-order valence-corrected chi connectivity index (χ0v) is 15.8. The number of piperidine rings is 1. The molecule has 1 aromatic heterocycles. The summed E-state index contributed by atoms with van der Waals surface area (Å²) in [5.74, 6) is 1.70. The number of nitrogens with zero attached hydrogens (tertiary/aromatic N) is 2. The van der Waals surface area contributed by atoms with Gasteiger partial charge in [0.2, 0.25) is 0 Å². The lowest BCUT2D eigenvalue weighted by molar-refractivity contribution is 0.0350. The molecule has 0 bridgehead atoms. The molecular formula is C22H30N2O2. The maximum atomic E-state index is 5.60. The van der Waals surface area contributed by atoms with Gasteiger partial charge in [0.05, 0.1) is 19.4 Å². The van der Waals surface area contributed by atoms with Crippen LogP contribution in [0.1, 0.15) is 24.2 Å². The van der Waals surface area contributed by atoms with Crippen molar-refractivity contribution in [2.24, 2.45) is 11.3 Å². The topological polar surface area (TPSA) is 28.9 Å². The largest absolute Gasteiger partial charge is 0.468 e. The molecule has 2 fully saturated rings. The Morgan fingerprint density at radius 2 is 1.85 bits per heavy atom. The molecule has 0 saturated carbocycles. The van der Waals surface area contributed by atoms with E-state index in [1.54, 1.807) is 6.26 Å². The third kappa shape index (κ3) is 3.88.